The summed E-state index contributed by atoms with van der Waals surface area (Å²) in [6.45, 7) is 29.0. The largest absolute Gasteiger partial charge is 0.310 e. The average Bonchev–Trinajstić information content (AvgIpc) is 1.60. The molecule has 0 amide bonds. The van der Waals surface area contributed by atoms with Crippen molar-refractivity contribution in [2.24, 2.45) is 0 Å². The van der Waals surface area contributed by atoms with Crippen molar-refractivity contribution in [3.05, 3.63) is 329 Å². The van der Waals surface area contributed by atoms with E-state index in [1.54, 1.807) is 0 Å². The maximum absolute atomic E-state index is 10.4. The van der Waals surface area contributed by atoms with Gasteiger partial charge in [0.2, 0.25) is 6.71 Å². The fourth-order valence-corrected chi connectivity index (χ4v) is 16.2. The highest BCUT2D eigenvalue weighted by molar-refractivity contribution is 6.99. The zero-order valence-electron chi connectivity index (χ0n) is 57.4. The normalized spacial score (nSPS) is 13.5. The molecule has 13 aromatic carbocycles. The van der Waals surface area contributed by atoms with E-state index in [9.17, 15) is 5.26 Å². The topological polar surface area (TPSA) is 41.2 Å². The van der Waals surface area contributed by atoms with Crippen molar-refractivity contribution in [1.29, 1.82) is 5.26 Å². The van der Waals surface area contributed by atoms with E-state index in [1.165, 1.54) is 76.9 Å². The van der Waals surface area contributed by atoms with Crippen LogP contribution < -0.4 is 21.3 Å². The summed E-state index contributed by atoms with van der Waals surface area (Å²) >= 11 is 0. The van der Waals surface area contributed by atoms with E-state index in [0.717, 1.165) is 89.4 Å². The van der Waals surface area contributed by atoms with Crippen LogP contribution in [0, 0.1) is 17.9 Å². The van der Waals surface area contributed by atoms with Gasteiger partial charge in [0.15, 0.2) is 5.69 Å². The molecule has 17 rings (SSSR count). The molecule has 1 unspecified atom stereocenters. The van der Waals surface area contributed by atoms with E-state index in [1.807, 2.05) is 24.3 Å². The Hall–Kier alpha value is -11.7. The molecule has 15 aromatic rings. The molecule has 0 saturated heterocycles. The Morgan fingerprint density at radius 1 is 0.384 bits per heavy atom. The van der Waals surface area contributed by atoms with Crippen LogP contribution in [0.15, 0.2) is 279 Å². The molecular weight excluding hydrogens is 1200 g/mol. The van der Waals surface area contributed by atoms with Gasteiger partial charge < -0.3 is 14.0 Å². The SMILES string of the molecule is [C-]#[N+]c1ccc(-c2cc(C(C)(C)C)cc(-c3ccccc3)c2C2c3cc(-n4c5ccccc5c5ccccc54)ccc3B3c4ccc(-n5c6ccccc6c6ccccc65)cc4N(c4c(-c5ccccc5)cc(C(C)(C)C)cc4-c4ccc(C#N)cc4)c4cc(C(C)(C)C)cc2c43)cc1. The second kappa shape index (κ2) is 23.0. The average molecular weight is 1270 g/mol. The number of hydrogen-bond donors (Lipinski definition) is 0. The smallest absolute Gasteiger partial charge is 0.247 e. The molecule has 6 heteroatoms. The van der Waals surface area contributed by atoms with Crippen LogP contribution >= 0.6 is 0 Å². The molecular formula is C93H74BN5. The van der Waals surface area contributed by atoms with Crippen molar-refractivity contribution in [3.8, 4) is 62.0 Å². The van der Waals surface area contributed by atoms with Gasteiger partial charge in [0.1, 0.15) is 0 Å². The van der Waals surface area contributed by atoms with Crippen LogP contribution in [0.1, 0.15) is 107 Å². The number of anilines is 3. The van der Waals surface area contributed by atoms with Crippen molar-refractivity contribution in [2.75, 3.05) is 4.90 Å². The highest BCUT2D eigenvalue weighted by Gasteiger charge is 2.47. The lowest BCUT2D eigenvalue weighted by molar-refractivity contribution is 0.588. The maximum Gasteiger partial charge on any atom is 0.247 e. The fraction of sp³-hybridized carbons (Fsp3) is 0.140. The molecule has 0 bridgehead atoms. The molecule has 0 fully saturated rings. The monoisotopic (exact) mass is 1270 g/mol. The first-order valence-corrected chi connectivity index (χ1v) is 34.6. The van der Waals surface area contributed by atoms with Crippen molar-refractivity contribution in [1.82, 2.24) is 9.13 Å². The third-order valence-corrected chi connectivity index (χ3v) is 21.2. The summed E-state index contributed by atoms with van der Waals surface area (Å²) in [5.74, 6) is -0.352. The van der Waals surface area contributed by atoms with Gasteiger partial charge in [-0.1, -0.05) is 268 Å². The Kier molecular flexibility index (Phi) is 14.1. The van der Waals surface area contributed by atoms with Gasteiger partial charge in [-0.05, 0) is 173 Å². The highest BCUT2D eigenvalue weighted by atomic mass is 15.2. The number of para-hydroxylation sites is 4. The number of hydrogen-bond acceptors (Lipinski definition) is 2. The molecule has 2 aliphatic rings. The van der Waals surface area contributed by atoms with E-state index < -0.39 is 0 Å². The Balaban J connectivity index is 1.08. The molecule has 0 saturated carbocycles. The van der Waals surface area contributed by atoms with E-state index in [0.29, 0.717) is 11.3 Å². The molecule has 1 atom stereocenters. The van der Waals surface area contributed by atoms with Crippen LogP contribution in [-0.4, -0.2) is 15.8 Å². The van der Waals surface area contributed by atoms with E-state index >= 15 is 0 Å². The van der Waals surface area contributed by atoms with Gasteiger partial charge in [0, 0.05) is 61.3 Å². The van der Waals surface area contributed by atoms with Crippen LogP contribution in [0.5, 0.6) is 0 Å². The summed E-state index contributed by atoms with van der Waals surface area (Å²) in [6, 6.07) is 106. The minimum absolute atomic E-state index is 0.230. The summed E-state index contributed by atoms with van der Waals surface area (Å²) in [4.78, 5) is 6.62. The standard InChI is InChI=1S/C93H74BN5/c1-91(2,3)63-49-73(59-25-13-11-14-26-59)87(74(50-63)61-41-43-66(96-10)44-42-61)88-77-55-67(97-81-33-21-17-29-69(81)70-30-18-22-34-82(70)97)45-47-79(77)94-80-48-46-68(98-83-35-23-19-31-71(83)72-32-20-24-36-84(72)98)56-85(80)99(86-54-65(93(7,8)9)53-78(88)89(86)94)90-75(60-27-15-12-16-28-60)51-64(92(4,5)6)52-76(90)62-39-37-58(57-95)38-40-62/h11-56,88H,1-9H3. The molecule has 2 aromatic heterocycles. The van der Waals surface area contributed by atoms with E-state index in [4.69, 9.17) is 6.57 Å². The Morgan fingerprint density at radius 2 is 0.788 bits per heavy atom. The Bertz CT molecular complexity index is 5420. The number of benzene rings is 13. The van der Waals surface area contributed by atoms with Crippen molar-refractivity contribution in [2.45, 2.75) is 84.5 Å². The van der Waals surface area contributed by atoms with Crippen LogP contribution in [0.3, 0.4) is 0 Å². The highest BCUT2D eigenvalue weighted by Crippen LogP contribution is 2.54. The molecule has 0 N–H and O–H groups in total. The second-order valence-electron chi connectivity index (χ2n) is 30.2. The van der Waals surface area contributed by atoms with Crippen LogP contribution in [0.25, 0.3) is 104 Å². The van der Waals surface area contributed by atoms with Gasteiger partial charge in [-0.25, -0.2) is 4.85 Å². The zero-order chi connectivity index (χ0) is 67.8. The van der Waals surface area contributed by atoms with Crippen LogP contribution in [-0.2, 0) is 16.2 Å². The first-order valence-electron chi connectivity index (χ1n) is 34.6. The molecule has 0 aliphatic carbocycles. The zero-order valence-corrected chi connectivity index (χ0v) is 57.4. The van der Waals surface area contributed by atoms with Crippen LogP contribution in [0.4, 0.5) is 22.7 Å². The fourth-order valence-electron chi connectivity index (χ4n) is 16.2. The predicted octanol–water partition coefficient (Wildman–Crippen LogP) is 22.7. The number of fused-ring (bicyclic) bond motifs is 10. The van der Waals surface area contributed by atoms with Gasteiger partial charge in [-0.2, -0.15) is 5.26 Å². The summed E-state index contributed by atoms with van der Waals surface area (Å²) in [6.07, 6.45) is 0. The minimum atomic E-state index is -0.352. The molecule has 5 nitrogen and oxygen atoms in total. The van der Waals surface area contributed by atoms with Crippen molar-refractivity contribution < 1.29 is 0 Å². The van der Waals surface area contributed by atoms with Gasteiger partial charge in [-0.3, -0.25) is 0 Å². The number of aromatic nitrogens is 2. The molecule has 474 valence electrons. The van der Waals surface area contributed by atoms with Crippen molar-refractivity contribution in [3.63, 3.8) is 0 Å². The Labute approximate surface area is 581 Å². The quantitative estimate of drug-likeness (QED) is 0.112. The van der Waals surface area contributed by atoms with Crippen LogP contribution in [0.2, 0.25) is 0 Å². The van der Waals surface area contributed by atoms with Crippen molar-refractivity contribution >= 4 is 89.5 Å². The summed E-state index contributed by atoms with van der Waals surface area (Å²) in [7, 11) is 0. The van der Waals surface area contributed by atoms with Gasteiger partial charge in [0.05, 0.1) is 46.0 Å². The first kappa shape index (κ1) is 60.9. The maximum atomic E-state index is 10.4. The lowest BCUT2D eigenvalue weighted by atomic mass is 9.31. The third kappa shape index (κ3) is 9.95. The summed E-state index contributed by atoms with van der Waals surface area (Å²) in [5.41, 5.74) is 30.4. The summed E-state index contributed by atoms with van der Waals surface area (Å²) in [5, 5.41) is 15.3. The lowest BCUT2D eigenvalue weighted by Gasteiger charge is -2.45. The van der Waals surface area contributed by atoms with Gasteiger partial charge >= 0.3 is 0 Å². The lowest BCUT2D eigenvalue weighted by Crippen LogP contribution is -2.62. The Morgan fingerprint density at radius 3 is 1.26 bits per heavy atom. The molecule has 99 heavy (non-hydrogen) atoms. The van der Waals surface area contributed by atoms with E-state index in [-0.39, 0.29) is 28.9 Å². The minimum Gasteiger partial charge on any atom is -0.310 e. The number of nitriles is 1. The number of nitrogens with zero attached hydrogens (tertiary/aromatic N) is 5. The van der Waals surface area contributed by atoms with Gasteiger partial charge in [-0.15, -0.1) is 0 Å². The molecule has 4 heterocycles. The summed E-state index contributed by atoms with van der Waals surface area (Å²) < 4.78 is 4.96. The molecule has 0 spiro atoms. The molecule has 2 aliphatic heterocycles. The predicted molar refractivity (Wildman–Crippen MR) is 417 cm³/mol. The second-order valence-corrected chi connectivity index (χ2v) is 30.2. The molecule has 0 radical (unpaired) electrons. The van der Waals surface area contributed by atoms with E-state index in [2.05, 4.69) is 342 Å². The van der Waals surface area contributed by atoms with Gasteiger partial charge in [0.25, 0.3) is 0 Å². The third-order valence-electron chi connectivity index (χ3n) is 21.2. The number of rotatable bonds is 8. The first-order chi connectivity index (χ1) is 47.9.